The SMILES string of the molecule is O=C(O)CCc1nc(-c2ccccc2)c(-c2cc(Cl)cc(Cl)c2)o1. The van der Waals surface area contributed by atoms with Crippen LogP contribution in [0.1, 0.15) is 12.3 Å². The fourth-order valence-electron chi connectivity index (χ4n) is 2.36. The molecule has 1 heterocycles. The summed E-state index contributed by atoms with van der Waals surface area (Å²) in [5.41, 5.74) is 2.20. The van der Waals surface area contributed by atoms with Crippen molar-refractivity contribution in [3.63, 3.8) is 0 Å². The molecule has 0 aliphatic rings. The molecule has 0 saturated heterocycles. The fraction of sp³-hybridized carbons (Fsp3) is 0.111. The second kappa shape index (κ2) is 7.07. The number of benzene rings is 2. The number of carbonyl (C=O) groups is 1. The molecular weight excluding hydrogens is 349 g/mol. The second-order valence-electron chi connectivity index (χ2n) is 5.20. The van der Waals surface area contributed by atoms with Crippen molar-refractivity contribution in [2.45, 2.75) is 12.8 Å². The predicted molar refractivity (Wildman–Crippen MR) is 93.4 cm³/mol. The van der Waals surface area contributed by atoms with E-state index in [1.165, 1.54) is 0 Å². The van der Waals surface area contributed by atoms with Gasteiger partial charge in [-0.2, -0.15) is 0 Å². The zero-order chi connectivity index (χ0) is 17.1. The van der Waals surface area contributed by atoms with E-state index < -0.39 is 5.97 Å². The lowest BCUT2D eigenvalue weighted by atomic mass is 10.1. The number of oxazole rings is 1. The van der Waals surface area contributed by atoms with Gasteiger partial charge in [-0.3, -0.25) is 4.79 Å². The second-order valence-corrected chi connectivity index (χ2v) is 6.08. The molecule has 3 aromatic rings. The maximum absolute atomic E-state index is 10.8. The summed E-state index contributed by atoms with van der Waals surface area (Å²) in [5.74, 6) is -0.0184. The van der Waals surface area contributed by atoms with Crippen LogP contribution in [-0.4, -0.2) is 16.1 Å². The van der Waals surface area contributed by atoms with Crippen LogP contribution >= 0.6 is 23.2 Å². The van der Waals surface area contributed by atoms with Gasteiger partial charge in [-0.05, 0) is 18.2 Å². The number of carboxylic acid groups (broad SMARTS) is 1. The molecule has 1 N–H and O–H groups in total. The van der Waals surface area contributed by atoms with E-state index >= 15 is 0 Å². The molecule has 0 saturated carbocycles. The number of nitrogens with zero attached hydrogens (tertiary/aromatic N) is 1. The molecule has 0 unspecified atom stereocenters. The molecule has 24 heavy (non-hydrogen) atoms. The monoisotopic (exact) mass is 361 g/mol. The predicted octanol–water partition coefficient (Wildman–Crippen LogP) is 5.33. The van der Waals surface area contributed by atoms with E-state index in [1.54, 1.807) is 18.2 Å². The zero-order valence-electron chi connectivity index (χ0n) is 12.5. The summed E-state index contributed by atoms with van der Waals surface area (Å²) in [5, 5.41) is 9.83. The van der Waals surface area contributed by atoms with Gasteiger partial charge < -0.3 is 9.52 Å². The summed E-state index contributed by atoms with van der Waals surface area (Å²) in [6.07, 6.45) is 0.161. The molecule has 1 aromatic heterocycles. The maximum Gasteiger partial charge on any atom is 0.303 e. The summed E-state index contributed by atoms with van der Waals surface area (Å²) in [7, 11) is 0. The lowest BCUT2D eigenvalue weighted by Gasteiger charge is -2.03. The van der Waals surface area contributed by atoms with Crippen LogP contribution in [0.5, 0.6) is 0 Å². The Morgan fingerprint density at radius 2 is 1.71 bits per heavy atom. The molecule has 0 aliphatic heterocycles. The Kier molecular flexibility index (Phi) is 4.88. The van der Waals surface area contributed by atoms with Crippen molar-refractivity contribution < 1.29 is 14.3 Å². The molecule has 0 atom stereocenters. The standard InChI is InChI=1S/C18H13Cl2NO3/c19-13-8-12(9-14(20)10-13)18-17(11-4-2-1-3-5-11)21-15(24-18)6-7-16(22)23/h1-5,8-10H,6-7H2,(H,22,23). The highest BCUT2D eigenvalue weighted by Crippen LogP contribution is 2.35. The molecule has 3 rings (SSSR count). The average Bonchev–Trinajstić information content (AvgIpc) is 2.97. The first kappa shape index (κ1) is 16.6. The third-order valence-corrected chi connectivity index (χ3v) is 3.83. The van der Waals surface area contributed by atoms with Gasteiger partial charge >= 0.3 is 5.97 Å². The van der Waals surface area contributed by atoms with Crippen LogP contribution < -0.4 is 0 Å². The number of halogens is 2. The number of rotatable bonds is 5. The van der Waals surface area contributed by atoms with E-state index in [2.05, 4.69) is 4.98 Å². The van der Waals surface area contributed by atoms with Crippen LogP contribution in [0.2, 0.25) is 10.0 Å². The molecule has 0 aliphatic carbocycles. The quantitative estimate of drug-likeness (QED) is 0.666. The summed E-state index contributed by atoms with van der Waals surface area (Å²) < 4.78 is 5.82. The first-order valence-corrected chi connectivity index (χ1v) is 8.02. The van der Waals surface area contributed by atoms with Crippen molar-refractivity contribution in [2.24, 2.45) is 0 Å². The minimum Gasteiger partial charge on any atom is -0.481 e. The van der Waals surface area contributed by atoms with Gasteiger partial charge in [0.1, 0.15) is 5.69 Å². The van der Waals surface area contributed by atoms with Crippen LogP contribution in [0, 0.1) is 0 Å². The summed E-state index contributed by atoms with van der Waals surface area (Å²) >= 11 is 12.2. The summed E-state index contributed by atoms with van der Waals surface area (Å²) in [6, 6.07) is 14.6. The fourth-order valence-corrected chi connectivity index (χ4v) is 2.88. The topological polar surface area (TPSA) is 63.3 Å². The van der Waals surface area contributed by atoms with Crippen molar-refractivity contribution >= 4 is 29.2 Å². The lowest BCUT2D eigenvalue weighted by Crippen LogP contribution is -1.97. The highest BCUT2D eigenvalue weighted by atomic mass is 35.5. The molecule has 0 radical (unpaired) electrons. The van der Waals surface area contributed by atoms with Gasteiger partial charge in [-0.1, -0.05) is 53.5 Å². The Labute approximate surface area is 148 Å². The number of aryl methyl sites for hydroxylation is 1. The van der Waals surface area contributed by atoms with Crippen LogP contribution in [0.25, 0.3) is 22.6 Å². The smallest absolute Gasteiger partial charge is 0.303 e. The van der Waals surface area contributed by atoms with E-state index in [-0.39, 0.29) is 12.8 Å². The largest absolute Gasteiger partial charge is 0.481 e. The molecular formula is C18H13Cl2NO3. The van der Waals surface area contributed by atoms with Gasteiger partial charge in [0.05, 0.1) is 6.42 Å². The zero-order valence-corrected chi connectivity index (χ0v) is 14.0. The van der Waals surface area contributed by atoms with E-state index in [0.717, 1.165) is 5.56 Å². The van der Waals surface area contributed by atoms with Gasteiger partial charge in [-0.25, -0.2) is 4.98 Å². The van der Waals surface area contributed by atoms with Crippen LogP contribution in [0.15, 0.2) is 52.9 Å². The van der Waals surface area contributed by atoms with Crippen molar-refractivity contribution in [3.8, 4) is 22.6 Å². The Hall–Kier alpha value is -2.30. The number of aromatic nitrogens is 1. The van der Waals surface area contributed by atoms with Crippen molar-refractivity contribution in [1.29, 1.82) is 0 Å². The minimum atomic E-state index is -0.901. The molecule has 0 amide bonds. The summed E-state index contributed by atoms with van der Waals surface area (Å²) in [4.78, 5) is 15.3. The highest BCUT2D eigenvalue weighted by molar-refractivity contribution is 6.35. The third-order valence-electron chi connectivity index (χ3n) is 3.40. The van der Waals surface area contributed by atoms with Gasteiger partial charge in [0.15, 0.2) is 11.7 Å². The van der Waals surface area contributed by atoms with E-state index in [9.17, 15) is 4.79 Å². The molecule has 0 spiro atoms. The van der Waals surface area contributed by atoms with Crippen LogP contribution in [0.4, 0.5) is 0 Å². The number of hydrogen-bond acceptors (Lipinski definition) is 3. The molecule has 122 valence electrons. The molecule has 6 heteroatoms. The normalized spacial score (nSPS) is 10.8. The number of aliphatic carboxylic acids is 1. The van der Waals surface area contributed by atoms with Crippen LogP contribution in [-0.2, 0) is 11.2 Å². The molecule has 4 nitrogen and oxygen atoms in total. The van der Waals surface area contributed by atoms with Crippen LogP contribution in [0.3, 0.4) is 0 Å². The van der Waals surface area contributed by atoms with Crippen molar-refractivity contribution in [1.82, 2.24) is 4.98 Å². The van der Waals surface area contributed by atoms with E-state index in [4.69, 9.17) is 32.7 Å². The Morgan fingerprint density at radius 1 is 1.04 bits per heavy atom. The molecule has 0 bridgehead atoms. The Balaban J connectivity index is 2.10. The first-order valence-electron chi connectivity index (χ1n) is 7.26. The molecule has 2 aromatic carbocycles. The Morgan fingerprint density at radius 3 is 2.33 bits per heavy atom. The van der Waals surface area contributed by atoms with Gasteiger partial charge in [0.2, 0.25) is 0 Å². The minimum absolute atomic E-state index is 0.0511. The van der Waals surface area contributed by atoms with E-state index in [0.29, 0.717) is 33.0 Å². The van der Waals surface area contributed by atoms with Gasteiger partial charge in [0, 0.05) is 27.6 Å². The third kappa shape index (κ3) is 3.78. The highest BCUT2D eigenvalue weighted by Gasteiger charge is 2.18. The van der Waals surface area contributed by atoms with Gasteiger partial charge in [0.25, 0.3) is 0 Å². The maximum atomic E-state index is 10.8. The lowest BCUT2D eigenvalue weighted by molar-refractivity contribution is -0.137. The van der Waals surface area contributed by atoms with Crippen molar-refractivity contribution in [2.75, 3.05) is 0 Å². The first-order chi connectivity index (χ1) is 11.5. The Bertz CT molecular complexity index is 855. The average molecular weight is 362 g/mol. The number of carboxylic acids is 1. The van der Waals surface area contributed by atoms with E-state index in [1.807, 2.05) is 30.3 Å². The number of hydrogen-bond donors (Lipinski definition) is 1. The van der Waals surface area contributed by atoms with Crippen molar-refractivity contribution in [3.05, 3.63) is 64.5 Å². The summed E-state index contributed by atoms with van der Waals surface area (Å²) in [6.45, 7) is 0. The molecule has 0 fully saturated rings. The van der Waals surface area contributed by atoms with Gasteiger partial charge in [-0.15, -0.1) is 0 Å².